The highest BCUT2D eigenvalue weighted by Crippen LogP contribution is 2.15. The van der Waals surface area contributed by atoms with Crippen molar-refractivity contribution in [2.75, 3.05) is 0 Å². The van der Waals surface area contributed by atoms with Gasteiger partial charge in [-0.15, -0.1) is 0 Å². The van der Waals surface area contributed by atoms with Gasteiger partial charge in [0, 0.05) is 0 Å². The molecule has 0 aromatic heterocycles. The minimum atomic E-state index is -0.442. The summed E-state index contributed by atoms with van der Waals surface area (Å²) < 4.78 is 43.9. The fourth-order valence-corrected chi connectivity index (χ4v) is 3.76. The van der Waals surface area contributed by atoms with E-state index in [1.165, 1.54) is 12.1 Å². The lowest BCUT2D eigenvalue weighted by Gasteiger charge is -2.21. The van der Waals surface area contributed by atoms with Crippen LogP contribution in [0.2, 0.25) is 0 Å². The lowest BCUT2D eigenvalue weighted by atomic mass is 9.36. The normalized spacial score (nSPS) is 11.0. The summed E-state index contributed by atoms with van der Waals surface area (Å²) in [6, 6.07) is 13.8. The average molecular weight is 394 g/mol. The van der Waals surface area contributed by atoms with Gasteiger partial charge in [0.2, 0.25) is 6.71 Å². The Hall–Kier alpha value is -2.49. The van der Waals surface area contributed by atoms with Crippen molar-refractivity contribution in [3.63, 3.8) is 0 Å². The number of hydrogen-bond acceptors (Lipinski definition) is 0. The van der Waals surface area contributed by atoms with Crippen LogP contribution in [-0.4, -0.2) is 6.71 Å². The van der Waals surface area contributed by atoms with Gasteiger partial charge in [-0.05, 0) is 68.0 Å². The highest BCUT2D eigenvalue weighted by molar-refractivity contribution is 6.95. The maximum atomic E-state index is 15.1. The van der Waals surface area contributed by atoms with Crippen molar-refractivity contribution in [1.29, 1.82) is 0 Å². The van der Waals surface area contributed by atoms with E-state index in [0.29, 0.717) is 39.6 Å². The van der Waals surface area contributed by atoms with Crippen LogP contribution in [0.3, 0.4) is 0 Å². The van der Waals surface area contributed by atoms with E-state index in [9.17, 15) is 8.78 Å². The van der Waals surface area contributed by atoms with Crippen molar-refractivity contribution >= 4 is 23.1 Å². The number of rotatable bonds is 6. The zero-order valence-corrected chi connectivity index (χ0v) is 17.5. The molecule has 0 aliphatic heterocycles. The molecule has 0 N–H and O–H groups in total. The molecule has 0 saturated heterocycles. The summed E-state index contributed by atoms with van der Waals surface area (Å²) in [6.07, 6.45) is 2.39. The van der Waals surface area contributed by atoms with Gasteiger partial charge < -0.3 is 0 Å². The molecule has 0 spiro atoms. The van der Waals surface area contributed by atoms with Crippen molar-refractivity contribution < 1.29 is 13.2 Å². The minimum Gasteiger partial charge on any atom is -0.207 e. The number of benzene rings is 3. The van der Waals surface area contributed by atoms with E-state index < -0.39 is 6.71 Å². The van der Waals surface area contributed by atoms with E-state index in [2.05, 4.69) is 6.92 Å². The monoisotopic (exact) mass is 394 g/mol. The van der Waals surface area contributed by atoms with Crippen molar-refractivity contribution in [2.45, 2.75) is 47.0 Å². The van der Waals surface area contributed by atoms with Crippen molar-refractivity contribution in [2.24, 2.45) is 0 Å². The van der Waals surface area contributed by atoms with Crippen LogP contribution in [0.15, 0.2) is 48.5 Å². The van der Waals surface area contributed by atoms with Gasteiger partial charge >= 0.3 is 0 Å². The molecule has 150 valence electrons. The Morgan fingerprint density at radius 3 is 1.72 bits per heavy atom. The summed E-state index contributed by atoms with van der Waals surface area (Å²) in [7, 11) is 0. The van der Waals surface area contributed by atoms with Gasteiger partial charge in [-0.25, -0.2) is 13.2 Å². The number of unbranched alkanes of at least 4 members (excludes halogenated alkanes) is 1. The van der Waals surface area contributed by atoms with Crippen molar-refractivity contribution in [3.05, 3.63) is 88.2 Å². The highest BCUT2D eigenvalue weighted by Gasteiger charge is 2.27. The number of hydrogen-bond donors (Lipinski definition) is 0. The average Bonchev–Trinajstić information content (AvgIpc) is 2.69. The second-order valence-electron chi connectivity index (χ2n) is 7.82. The van der Waals surface area contributed by atoms with Crippen molar-refractivity contribution in [3.8, 4) is 0 Å². The molecule has 0 atom stereocenters. The molecule has 0 fully saturated rings. The smallest absolute Gasteiger partial charge is 0.207 e. The molecule has 0 heterocycles. The summed E-state index contributed by atoms with van der Waals surface area (Å²) in [6.45, 7) is 6.79. The van der Waals surface area contributed by atoms with Crippen LogP contribution >= 0.6 is 0 Å². The number of halogens is 3. The van der Waals surface area contributed by atoms with Crippen LogP contribution in [-0.2, 0) is 6.42 Å². The summed E-state index contributed by atoms with van der Waals surface area (Å²) in [4.78, 5) is 0. The molecule has 0 nitrogen and oxygen atoms in total. The molecule has 3 aromatic carbocycles. The standard InChI is InChI=1S/C25H26BF3/c1-5-6-7-21-22(13-10-18(4)25(21)29)26(19-11-8-16(2)23(27)14-19)20-12-9-17(3)24(28)15-20/h8-15H,5-7H2,1-4H3. The third kappa shape index (κ3) is 4.42. The molecule has 0 bridgehead atoms. The first-order chi connectivity index (χ1) is 13.8. The number of aryl methyl sites for hydroxylation is 3. The molecule has 0 aliphatic rings. The summed E-state index contributed by atoms with van der Waals surface area (Å²) >= 11 is 0. The lowest BCUT2D eigenvalue weighted by Crippen LogP contribution is -2.54. The predicted octanol–water partition coefficient (Wildman–Crippen LogP) is 4.89. The Kier molecular flexibility index (Phi) is 6.51. The zero-order chi connectivity index (χ0) is 21.1. The van der Waals surface area contributed by atoms with E-state index in [-0.39, 0.29) is 17.5 Å². The highest BCUT2D eigenvalue weighted by atomic mass is 19.1. The van der Waals surface area contributed by atoms with E-state index in [0.717, 1.165) is 18.3 Å². The second-order valence-corrected chi connectivity index (χ2v) is 7.82. The second kappa shape index (κ2) is 8.90. The van der Waals surface area contributed by atoms with Gasteiger partial charge in [0.15, 0.2) is 0 Å². The van der Waals surface area contributed by atoms with Crippen molar-refractivity contribution in [1.82, 2.24) is 0 Å². The summed E-state index contributed by atoms with van der Waals surface area (Å²) in [5.41, 5.74) is 4.47. The molecule has 4 heteroatoms. The van der Waals surface area contributed by atoms with E-state index in [1.54, 1.807) is 39.0 Å². The third-order valence-electron chi connectivity index (χ3n) is 5.62. The Morgan fingerprint density at radius 1 is 0.724 bits per heavy atom. The molecule has 0 radical (unpaired) electrons. The van der Waals surface area contributed by atoms with Crippen LogP contribution in [0.25, 0.3) is 0 Å². The van der Waals surface area contributed by atoms with Crippen LogP contribution in [0, 0.1) is 38.2 Å². The molecule has 0 aliphatic carbocycles. The maximum Gasteiger partial charge on any atom is 0.241 e. The van der Waals surface area contributed by atoms with Crippen LogP contribution < -0.4 is 16.4 Å². The lowest BCUT2D eigenvalue weighted by molar-refractivity contribution is 0.596. The first-order valence-corrected chi connectivity index (χ1v) is 10.1. The van der Waals surface area contributed by atoms with Gasteiger partial charge in [0.25, 0.3) is 0 Å². The summed E-state index contributed by atoms with van der Waals surface area (Å²) in [5, 5.41) is 0. The molecule has 0 amide bonds. The van der Waals surface area contributed by atoms with Crippen LogP contribution in [0.5, 0.6) is 0 Å². The largest absolute Gasteiger partial charge is 0.241 e. The van der Waals surface area contributed by atoms with Gasteiger partial charge in [-0.3, -0.25) is 0 Å². The molecule has 29 heavy (non-hydrogen) atoms. The van der Waals surface area contributed by atoms with E-state index in [4.69, 9.17) is 0 Å². The van der Waals surface area contributed by atoms with Gasteiger partial charge in [0.1, 0.15) is 17.5 Å². The van der Waals surface area contributed by atoms with Crippen LogP contribution in [0.1, 0.15) is 42.0 Å². The Labute approximate surface area is 171 Å². The van der Waals surface area contributed by atoms with Crippen LogP contribution in [0.4, 0.5) is 13.2 Å². The predicted molar refractivity (Wildman–Crippen MR) is 117 cm³/mol. The molecular weight excluding hydrogens is 368 g/mol. The molecular formula is C25H26BF3. The minimum absolute atomic E-state index is 0.221. The molecule has 0 unspecified atom stereocenters. The SMILES string of the molecule is CCCCc1c(B(c2ccc(C)c(F)c2)c2ccc(C)c(F)c2)ccc(C)c1F. The first kappa shape index (κ1) is 21.2. The molecule has 3 aromatic rings. The molecule has 3 rings (SSSR count). The Bertz CT molecular complexity index is 975. The van der Waals surface area contributed by atoms with Gasteiger partial charge in [0.05, 0.1) is 0 Å². The van der Waals surface area contributed by atoms with E-state index >= 15 is 4.39 Å². The molecule has 0 saturated carbocycles. The Balaban J connectivity index is 2.27. The fourth-order valence-electron chi connectivity index (χ4n) is 3.76. The first-order valence-electron chi connectivity index (χ1n) is 10.1. The van der Waals surface area contributed by atoms with E-state index in [1.807, 2.05) is 18.2 Å². The van der Waals surface area contributed by atoms with Gasteiger partial charge in [-0.1, -0.05) is 66.1 Å². The Morgan fingerprint density at radius 2 is 1.24 bits per heavy atom. The maximum absolute atomic E-state index is 15.1. The zero-order valence-electron chi connectivity index (χ0n) is 17.5. The topological polar surface area (TPSA) is 0 Å². The van der Waals surface area contributed by atoms with Gasteiger partial charge in [-0.2, -0.15) is 0 Å². The quantitative estimate of drug-likeness (QED) is 0.523. The third-order valence-corrected chi connectivity index (χ3v) is 5.62. The summed E-state index contributed by atoms with van der Waals surface area (Å²) in [5.74, 6) is -0.855. The fraction of sp³-hybridized carbons (Fsp3) is 0.280.